The van der Waals surface area contributed by atoms with Crippen LogP contribution in [0.2, 0.25) is 0 Å². The van der Waals surface area contributed by atoms with Crippen LogP contribution in [0.4, 0.5) is 13.2 Å². The summed E-state index contributed by atoms with van der Waals surface area (Å²) >= 11 is 0. The molecule has 2 aliphatic rings. The normalized spacial score (nSPS) is 30.8. The predicted molar refractivity (Wildman–Crippen MR) is 54.7 cm³/mol. The third-order valence-electron chi connectivity index (χ3n) is 3.76. The van der Waals surface area contributed by atoms with Crippen molar-refractivity contribution >= 4 is 11.9 Å². The Bertz CT molecular complexity index is 369. The molecule has 0 radical (unpaired) electrons. The molecule has 0 aromatic carbocycles. The molecular weight excluding hydrogens is 251 g/mol. The third-order valence-corrected chi connectivity index (χ3v) is 3.76. The molecule has 4 nitrogen and oxygen atoms in total. The van der Waals surface area contributed by atoms with Gasteiger partial charge in [0.2, 0.25) is 5.91 Å². The molecule has 2 rings (SSSR count). The van der Waals surface area contributed by atoms with Crippen molar-refractivity contribution in [1.29, 1.82) is 0 Å². The quantitative estimate of drug-likeness (QED) is 0.846. The van der Waals surface area contributed by atoms with Crippen LogP contribution in [0.1, 0.15) is 32.1 Å². The van der Waals surface area contributed by atoms with E-state index >= 15 is 0 Å². The number of carbonyl (C=O) groups is 2. The van der Waals surface area contributed by atoms with Gasteiger partial charge in [-0.25, -0.2) is 0 Å². The van der Waals surface area contributed by atoms with Crippen molar-refractivity contribution in [3.63, 3.8) is 0 Å². The number of alkyl halides is 3. The smallest absolute Gasteiger partial charge is 0.389 e. The fourth-order valence-electron chi connectivity index (χ4n) is 3.02. The minimum Gasteiger partial charge on any atom is -0.481 e. The van der Waals surface area contributed by atoms with Crippen LogP contribution < -0.4 is 0 Å². The first-order valence-corrected chi connectivity index (χ1v) is 5.90. The Labute approximate surface area is 102 Å². The van der Waals surface area contributed by atoms with Crippen molar-refractivity contribution in [2.75, 3.05) is 0 Å². The number of carboxylic acid groups (broad SMARTS) is 1. The van der Waals surface area contributed by atoms with Gasteiger partial charge in [-0.3, -0.25) is 9.59 Å². The van der Waals surface area contributed by atoms with Gasteiger partial charge in [-0.15, -0.1) is 0 Å². The van der Waals surface area contributed by atoms with E-state index in [9.17, 15) is 22.8 Å². The number of carbonyl (C=O) groups excluding carboxylic acids is 1. The molecule has 2 heterocycles. The van der Waals surface area contributed by atoms with Gasteiger partial charge >= 0.3 is 12.1 Å². The van der Waals surface area contributed by atoms with Crippen LogP contribution in [-0.4, -0.2) is 40.1 Å². The Hall–Kier alpha value is -1.27. The van der Waals surface area contributed by atoms with Gasteiger partial charge in [-0.2, -0.15) is 13.2 Å². The summed E-state index contributed by atoms with van der Waals surface area (Å²) in [5.74, 6) is -2.14. The highest BCUT2D eigenvalue weighted by Crippen LogP contribution is 2.42. The van der Waals surface area contributed by atoms with Gasteiger partial charge in [0.05, 0.1) is 12.3 Å². The Morgan fingerprint density at radius 1 is 1.28 bits per heavy atom. The maximum Gasteiger partial charge on any atom is 0.389 e. The zero-order valence-corrected chi connectivity index (χ0v) is 9.61. The number of amides is 1. The van der Waals surface area contributed by atoms with Crippen molar-refractivity contribution < 1.29 is 27.9 Å². The molecule has 3 unspecified atom stereocenters. The molecule has 18 heavy (non-hydrogen) atoms. The molecule has 2 fully saturated rings. The Balaban J connectivity index is 1.98. The van der Waals surface area contributed by atoms with Crippen LogP contribution >= 0.6 is 0 Å². The number of halogens is 3. The van der Waals surface area contributed by atoms with Crippen LogP contribution in [0.3, 0.4) is 0 Å². The van der Waals surface area contributed by atoms with E-state index < -0.39 is 42.9 Å². The van der Waals surface area contributed by atoms with Gasteiger partial charge in [0, 0.05) is 18.5 Å². The van der Waals surface area contributed by atoms with E-state index in [0.29, 0.717) is 19.3 Å². The molecule has 2 aliphatic heterocycles. The van der Waals surface area contributed by atoms with Crippen molar-refractivity contribution in [2.24, 2.45) is 5.92 Å². The largest absolute Gasteiger partial charge is 0.481 e. The number of hydrogen-bond acceptors (Lipinski definition) is 2. The minimum absolute atomic E-state index is 0.183. The summed E-state index contributed by atoms with van der Waals surface area (Å²) in [4.78, 5) is 24.1. The number of aliphatic carboxylic acids is 1. The second-order valence-electron chi connectivity index (χ2n) is 4.90. The SMILES string of the molecule is O=C(O)C1CC2CCC1N2C(=O)CCC(F)(F)F. The van der Waals surface area contributed by atoms with Crippen molar-refractivity contribution in [3.8, 4) is 0 Å². The molecule has 0 spiro atoms. The molecule has 7 heteroatoms. The van der Waals surface area contributed by atoms with Crippen LogP contribution in [0.25, 0.3) is 0 Å². The second-order valence-corrected chi connectivity index (χ2v) is 4.90. The lowest BCUT2D eigenvalue weighted by atomic mass is 9.89. The van der Waals surface area contributed by atoms with E-state index in [4.69, 9.17) is 5.11 Å². The van der Waals surface area contributed by atoms with Crippen LogP contribution in [0.15, 0.2) is 0 Å². The van der Waals surface area contributed by atoms with Gasteiger partial charge in [0.15, 0.2) is 0 Å². The maximum absolute atomic E-state index is 12.1. The van der Waals surface area contributed by atoms with Crippen LogP contribution in [-0.2, 0) is 9.59 Å². The number of nitrogens with zero attached hydrogens (tertiary/aromatic N) is 1. The monoisotopic (exact) mass is 265 g/mol. The second kappa shape index (κ2) is 4.44. The first-order chi connectivity index (χ1) is 8.29. The average molecular weight is 265 g/mol. The van der Waals surface area contributed by atoms with Crippen molar-refractivity contribution in [3.05, 3.63) is 0 Å². The number of hydrogen-bond donors (Lipinski definition) is 1. The maximum atomic E-state index is 12.1. The van der Waals surface area contributed by atoms with E-state index in [1.54, 1.807) is 0 Å². The average Bonchev–Trinajstić information content (AvgIpc) is 2.81. The lowest BCUT2D eigenvalue weighted by Crippen LogP contribution is -2.38. The summed E-state index contributed by atoms with van der Waals surface area (Å²) in [6, 6.07) is -0.593. The fourth-order valence-corrected chi connectivity index (χ4v) is 3.02. The first-order valence-electron chi connectivity index (χ1n) is 5.90. The summed E-state index contributed by atoms with van der Waals surface area (Å²) < 4.78 is 36.2. The summed E-state index contributed by atoms with van der Waals surface area (Å²) in [7, 11) is 0. The van der Waals surface area contributed by atoms with Gasteiger partial charge in [-0.1, -0.05) is 0 Å². The highest BCUT2D eigenvalue weighted by molar-refractivity contribution is 5.80. The van der Waals surface area contributed by atoms with E-state index in [0.717, 1.165) is 0 Å². The van der Waals surface area contributed by atoms with E-state index in [2.05, 4.69) is 0 Å². The number of fused-ring (bicyclic) bond motifs is 2. The van der Waals surface area contributed by atoms with Gasteiger partial charge in [-0.05, 0) is 19.3 Å². The molecule has 2 saturated heterocycles. The van der Waals surface area contributed by atoms with Gasteiger partial charge in [0.1, 0.15) is 0 Å². The number of rotatable bonds is 3. The minimum atomic E-state index is -4.35. The summed E-state index contributed by atoms with van der Waals surface area (Å²) in [5, 5.41) is 8.98. The molecule has 0 saturated carbocycles. The lowest BCUT2D eigenvalue weighted by Gasteiger charge is -2.23. The Morgan fingerprint density at radius 2 is 1.94 bits per heavy atom. The molecule has 3 atom stereocenters. The molecule has 0 aromatic heterocycles. The Kier molecular flexibility index (Phi) is 3.25. The van der Waals surface area contributed by atoms with Gasteiger partial charge < -0.3 is 10.0 Å². The molecule has 2 bridgehead atoms. The highest BCUT2D eigenvalue weighted by Gasteiger charge is 2.51. The third kappa shape index (κ3) is 2.44. The highest BCUT2D eigenvalue weighted by atomic mass is 19.4. The van der Waals surface area contributed by atoms with E-state index in [1.807, 2.05) is 0 Å². The standard InChI is InChI=1S/C11H14F3NO3/c12-11(13,14)4-3-9(16)15-6-1-2-8(15)7(5-6)10(17)18/h6-8H,1-5H2,(H,17,18). The zero-order valence-electron chi connectivity index (χ0n) is 9.61. The molecule has 0 aromatic rings. The molecule has 1 N–H and O–H groups in total. The van der Waals surface area contributed by atoms with E-state index in [-0.39, 0.29) is 6.04 Å². The number of carboxylic acids is 1. The molecule has 102 valence electrons. The fraction of sp³-hybridized carbons (Fsp3) is 0.818. The van der Waals surface area contributed by atoms with Crippen LogP contribution in [0, 0.1) is 5.92 Å². The van der Waals surface area contributed by atoms with Crippen molar-refractivity contribution in [2.45, 2.75) is 50.4 Å². The van der Waals surface area contributed by atoms with E-state index in [1.165, 1.54) is 4.90 Å². The summed E-state index contributed by atoms with van der Waals surface area (Å²) in [6.07, 6.45) is -4.41. The summed E-state index contributed by atoms with van der Waals surface area (Å²) in [5.41, 5.74) is 0. The van der Waals surface area contributed by atoms with Gasteiger partial charge in [0.25, 0.3) is 0 Å². The molecular formula is C11H14F3NO3. The van der Waals surface area contributed by atoms with Crippen molar-refractivity contribution in [1.82, 2.24) is 4.90 Å². The lowest BCUT2D eigenvalue weighted by molar-refractivity contribution is -0.150. The molecule has 0 aliphatic carbocycles. The summed E-state index contributed by atoms with van der Waals surface area (Å²) in [6.45, 7) is 0. The van der Waals surface area contributed by atoms with Crippen LogP contribution in [0.5, 0.6) is 0 Å². The zero-order chi connectivity index (χ0) is 13.5. The topological polar surface area (TPSA) is 57.6 Å². The first kappa shape index (κ1) is 13.2. The predicted octanol–water partition coefficient (Wildman–Crippen LogP) is 1.79. The molecule has 1 amide bonds. The Morgan fingerprint density at radius 3 is 2.44 bits per heavy atom.